The molecule has 0 unspecified atom stereocenters. The lowest BCUT2D eigenvalue weighted by atomic mass is 10.2. The summed E-state index contributed by atoms with van der Waals surface area (Å²) in [7, 11) is 0. The van der Waals surface area contributed by atoms with Crippen molar-refractivity contribution in [2.45, 2.75) is 20.3 Å². The third-order valence-corrected chi connectivity index (χ3v) is 3.92. The Bertz CT molecular complexity index is 575. The lowest BCUT2D eigenvalue weighted by Crippen LogP contribution is -2.11. The molecule has 0 aliphatic heterocycles. The van der Waals surface area contributed by atoms with Gasteiger partial charge in [-0.3, -0.25) is 4.79 Å². The fourth-order valence-electron chi connectivity index (χ4n) is 1.67. The van der Waals surface area contributed by atoms with Crippen LogP contribution >= 0.6 is 11.3 Å². The van der Waals surface area contributed by atoms with Gasteiger partial charge in [0.05, 0.1) is 16.3 Å². The van der Waals surface area contributed by atoms with Crippen molar-refractivity contribution in [3.63, 3.8) is 0 Å². The van der Waals surface area contributed by atoms with Gasteiger partial charge in [0, 0.05) is 4.88 Å². The summed E-state index contributed by atoms with van der Waals surface area (Å²) in [6.07, 6.45) is 0.949. The number of benzene rings is 1. The number of rotatable bonds is 3. The van der Waals surface area contributed by atoms with E-state index in [4.69, 9.17) is 5.73 Å². The molecule has 1 heterocycles. The number of carbonyl (C=O) groups excluding carboxylic acids is 1. The van der Waals surface area contributed by atoms with Crippen LogP contribution in [0.3, 0.4) is 0 Å². The number of nitrogens with one attached hydrogen (secondary N) is 1. The maximum Gasteiger partial charge on any atom is 0.265 e. The highest BCUT2D eigenvalue weighted by atomic mass is 32.1. The minimum atomic E-state index is -0.102. The number of hydrogen-bond acceptors (Lipinski definition) is 3. The van der Waals surface area contributed by atoms with Crippen molar-refractivity contribution >= 4 is 28.6 Å². The van der Waals surface area contributed by atoms with E-state index in [9.17, 15) is 4.79 Å². The summed E-state index contributed by atoms with van der Waals surface area (Å²) in [5, 5.41) is 2.84. The average molecular weight is 260 g/mol. The Balaban J connectivity index is 2.16. The Kier molecular flexibility index (Phi) is 3.67. The van der Waals surface area contributed by atoms with E-state index in [-0.39, 0.29) is 5.91 Å². The van der Waals surface area contributed by atoms with Crippen LogP contribution in [0.4, 0.5) is 11.4 Å². The van der Waals surface area contributed by atoms with Crippen molar-refractivity contribution < 1.29 is 4.79 Å². The molecular weight excluding hydrogens is 244 g/mol. The quantitative estimate of drug-likeness (QED) is 0.830. The van der Waals surface area contributed by atoms with Gasteiger partial charge in [-0.05, 0) is 43.2 Å². The molecule has 3 N–H and O–H groups in total. The molecule has 0 spiro atoms. The molecule has 0 aliphatic rings. The van der Waals surface area contributed by atoms with Crippen LogP contribution in [-0.4, -0.2) is 5.91 Å². The van der Waals surface area contributed by atoms with Gasteiger partial charge in [-0.1, -0.05) is 13.0 Å². The molecule has 2 rings (SSSR count). The van der Waals surface area contributed by atoms with E-state index in [1.165, 1.54) is 16.2 Å². The molecule has 4 heteroatoms. The molecule has 1 aromatic carbocycles. The molecule has 1 aromatic heterocycles. The molecule has 0 radical (unpaired) electrons. The number of nitrogen functional groups attached to an aromatic ring is 1. The zero-order valence-electron chi connectivity index (χ0n) is 10.5. The molecule has 0 bridgehead atoms. The van der Waals surface area contributed by atoms with E-state index in [1.807, 2.05) is 37.3 Å². The van der Waals surface area contributed by atoms with Crippen molar-refractivity contribution in [1.82, 2.24) is 0 Å². The number of aryl methyl sites for hydroxylation is 2. The van der Waals surface area contributed by atoms with Crippen molar-refractivity contribution in [2.75, 3.05) is 11.1 Å². The molecule has 0 aliphatic carbocycles. The monoisotopic (exact) mass is 260 g/mol. The molecule has 0 saturated carbocycles. The van der Waals surface area contributed by atoms with Gasteiger partial charge in [0.1, 0.15) is 0 Å². The molecule has 0 atom stereocenters. The summed E-state index contributed by atoms with van der Waals surface area (Å²) < 4.78 is 0. The number of anilines is 2. The van der Waals surface area contributed by atoms with E-state index in [2.05, 4.69) is 12.2 Å². The van der Waals surface area contributed by atoms with Crippen molar-refractivity contribution in [3.8, 4) is 0 Å². The number of hydrogen-bond donors (Lipinski definition) is 2. The third kappa shape index (κ3) is 2.71. The van der Waals surface area contributed by atoms with Crippen LogP contribution in [0.5, 0.6) is 0 Å². The Morgan fingerprint density at radius 3 is 2.72 bits per heavy atom. The van der Waals surface area contributed by atoms with Gasteiger partial charge in [0.2, 0.25) is 0 Å². The highest BCUT2D eigenvalue weighted by Gasteiger charge is 2.10. The summed E-state index contributed by atoms with van der Waals surface area (Å²) >= 11 is 1.52. The second kappa shape index (κ2) is 5.23. The van der Waals surface area contributed by atoms with E-state index in [0.717, 1.165) is 12.0 Å². The first-order valence-corrected chi connectivity index (χ1v) is 6.68. The van der Waals surface area contributed by atoms with Gasteiger partial charge in [-0.2, -0.15) is 0 Å². The Labute approximate surface area is 111 Å². The van der Waals surface area contributed by atoms with Gasteiger partial charge < -0.3 is 11.1 Å². The van der Waals surface area contributed by atoms with E-state index in [0.29, 0.717) is 16.3 Å². The Morgan fingerprint density at radius 2 is 2.11 bits per heavy atom. The van der Waals surface area contributed by atoms with Crippen molar-refractivity contribution in [2.24, 2.45) is 0 Å². The molecule has 1 amide bonds. The van der Waals surface area contributed by atoms with Crippen LogP contribution in [0.25, 0.3) is 0 Å². The largest absolute Gasteiger partial charge is 0.397 e. The van der Waals surface area contributed by atoms with Crippen LogP contribution in [0.1, 0.15) is 27.0 Å². The second-order valence-electron chi connectivity index (χ2n) is 4.16. The SMILES string of the molecule is CCc1ccc(C(=O)Nc2ccc(C)cc2N)s1. The van der Waals surface area contributed by atoms with Crippen LogP contribution in [0, 0.1) is 6.92 Å². The average Bonchev–Trinajstić information content (AvgIpc) is 2.81. The lowest BCUT2D eigenvalue weighted by Gasteiger charge is -2.07. The summed E-state index contributed by atoms with van der Waals surface area (Å²) in [5.74, 6) is -0.102. The first-order valence-electron chi connectivity index (χ1n) is 5.86. The van der Waals surface area contributed by atoms with E-state index >= 15 is 0 Å². The van der Waals surface area contributed by atoms with Crippen molar-refractivity contribution in [1.29, 1.82) is 0 Å². The molecule has 0 fully saturated rings. The van der Waals surface area contributed by atoms with Gasteiger partial charge >= 0.3 is 0 Å². The minimum absolute atomic E-state index is 0.102. The minimum Gasteiger partial charge on any atom is -0.397 e. The smallest absolute Gasteiger partial charge is 0.265 e. The van der Waals surface area contributed by atoms with Gasteiger partial charge in [0.15, 0.2) is 0 Å². The number of nitrogens with two attached hydrogens (primary N) is 1. The first-order chi connectivity index (χ1) is 8.60. The number of amides is 1. The molecule has 18 heavy (non-hydrogen) atoms. The van der Waals surface area contributed by atoms with Crippen LogP contribution in [-0.2, 0) is 6.42 Å². The summed E-state index contributed by atoms with van der Waals surface area (Å²) in [6.45, 7) is 4.04. The van der Waals surface area contributed by atoms with E-state index < -0.39 is 0 Å². The summed E-state index contributed by atoms with van der Waals surface area (Å²) in [6, 6.07) is 9.44. The molecule has 2 aromatic rings. The maximum absolute atomic E-state index is 12.0. The standard InChI is InChI=1S/C14H16N2OS/c1-3-10-5-7-13(18-10)14(17)16-12-6-4-9(2)8-11(12)15/h4-8H,3,15H2,1-2H3,(H,16,17). The first kappa shape index (κ1) is 12.6. The number of carbonyl (C=O) groups is 1. The molecule has 0 saturated heterocycles. The topological polar surface area (TPSA) is 55.1 Å². The molecule has 94 valence electrons. The fourth-order valence-corrected chi connectivity index (χ4v) is 2.51. The number of thiophene rings is 1. The zero-order chi connectivity index (χ0) is 13.1. The van der Waals surface area contributed by atoms with Gasteiger partial charge in [-0.15, -0.1) is 11.3 Å². The summed E-state index contributed by atoms with van der Waals surface area (Å²) in [4.78, 5) is 13.9. The second-order valence-corrected chi connectivity index (χ2v) is 5.33. The predicted octanol–water partition coefficient (Wildman–Crippen LogP) is 3.45. The Morgan fingerprint density at radius 1 is 1.33 bits per heavy atom. The zero-order valence-corrected chi connectivity index (χ0v) is 11.3. The summed E-state index contributed by atoms with van der Waals surface area (Å²) in [5.41, 5.74) is 8.20. The Hall–Kier alpha value is -1.81. The maximum atomic E-state index is 12.0. The van der Waals surface area contributed by atoms with E-state index in [1.54, 1.807) is 0 Å². The highest BCUT2D eigenvalue weighted by molar-refractivity contribution is 7.14. The fraction of sp³-hybridized carbons (Fsp3) is 0.214. The molecule has 3 nitrogen and oxygen atoms in total. The van der Waals surface area contributed by atoms with Crippen molar-refractivity contribution in [3.05, 3.63) is 45.6 Å². The normalized spacial score (nSPS) is 10.3. The molecular formula is C14H16N2OS. The van der Waals surface area contributed by atoms with Gasteiger partial charge in [-0.25, -0.2) is 0 Å². The van der Waals surface area contributed by atoms with Crippen LogP contribution < -0.4 is 11.1 Å². The highest BCUT2D eigenvalue weighted by Crippen LogP contribution is 2.22. The van der Waals surface area contributed by atoms with Gasteiger partial charge in [0.25, 0.3) is 5.91 Å². The third-order valence-electron chi connectivity index (χ3n) is 2.69. The van der Waals surface area contributed by atoms with Crippen LogP contribution in [0.2, 0.25) is 0 Å². The lowest BCUT2D eigenvalue weighted by molar-refractivity contribution is 0.103. The van der Waals surface area contributed by atoms with Crippen LogP contribution in [0.15, 0.2) is 30.3 Å². The predicted molar refractivity (Wildman–Crippen MR) is 77.2 cm³/mol.